The van der Waals surface area contributed by atoms with Crippen LogP contribution in [0.2, 0.25) is 0 Å². The van der Waals surface area contributed by atoms with E-state index in [2.05, 4.69) is 21.0 Å². The number of methoxy groups -OCH3 is 1. The molecular formula is C10H18BrN3O. The van der Waals surface area contributed by atoms with Crippen LogP contribution in [0.1, 0.15) is 17.8 Å². The van der Waals surface area contributed by atoms with Gasteiger partial charge in [-0.2, -0.15) is 5.10 Å². The third kappa shape index (κ3) is 3.29. The van der Waals surface area contributed by atoms with Gasteiger partial charge in [0.15, 0.2) is 0 Å². The van der Waals surface area contributed by atoms with Crippen molar-refractivity contribution in [2.75, 3.05) is 13.7 Å². The van der Waals surface area contributed by atoms with E-state index in [1.807, 2.05) is 18.7 Å². The number of ether oxygens (including phenoxy) is 1. The molecule has 1 aromatic rings. The molecule has 0 saturated heterocycles. The second-order valence-corrected chi connectivity index (χ2v) is 4.52. The van der Waals surface area contributed by atoms with Gasteiger partial charge in [0, 0.05) is 20.2 Å². The van der Waals surface area contributed by atoms with Gasteiger partial charge in [0.05, 0.1) is 22.5 Å². The molecule has 0 bridgehead atoms. The van der Waals surface area contributed by atoms with Crippen molar-refractivity contribution in [2.24, 2.45) is 12.8 Å². The summed E-state index contributed by atoms with van der Waals surface area (Å²) in [7, 11) is 3.62. The SMILES string of the molecule is COCC(N)CCc1c(Br)c(C)nn1C. The van der Waals surface area contributed by atoms with Crippen molar-refractivity contribution in [1.29, 1.82) is 0 Å². The summed E-state index contributed by atoms with van der Waals surface area (Å²) >= 11 is 3.53. The summed E-state index contributed by atoms with van der Waals surface area (Å²) in [5.74, 6) is 0. The number of hydrogen-bond acceptors (Lipinski definition) is 3. The van der Waals surface area contributed by atoms with Gasteiger partial charge in [0.1, 0.15) is 0 Å². The van der Waals surface area contributed by atoms with E-state index in [0.717, 1.165) is 23.0 Å². The second-order valence-electron chi connectivity index (χ2n) is 3.72. The number of hydrogen-bond donors (Lipinski definition) is 1. The molecule has 0 saturated carbocycles. The van der Waals surface area contributed by atoms with Gasteiger partial charge in [-0.05, 0) is 35.7 Å². The average molecular weight is 276 g/mol. The molecule has 0 fully saturated rings. The van der Waals surface area contributed by atoms with Crippen LogP contribution in [0.15, 0.2) is 4.47 Å². The molecule has 4 nitrogen and oxygen atoms in total. The van der Waals surface area contributed by atoms with E-state index in [1.54, 1.807) is 7.11 Å². The summed E-state index contributed by atoms with van der Waals surface area (Å²) in [4.78, 5) is 0. The Morgan fingerprint density at radius 3 is 2.73 bits per heavy atom. The average Bonchev–Trinajstić information content (AvgIpc) is 2.40. The van der Waals surface area contributed by atoms with Crippen molar-refractivity contribution in [3.8, 4) is 0 Å². The first-order valence-electron chi connectivity index (χ1n) is 4.98. The Labute approximate surface area is 98.9 Å². The molecule has 1 rings (SSSR count). The third-order valence-electron chi connectivity index (χ3n) is 2.39. The van der Waals surface area contributed by atoms with Crippen LogP contribution < -0.4 is 5.73 Å². The first-order chi connectivity index (χ1) is 7.06. The van der Waals surface area contributed by atoms with E-state index in [1.165, 1.54) is 5.69 Å². The Balaban J connectivity index is 2.57. The predicted octanol–water partition coefficient (Wildman–Crippen LogP) is 1.40. The van der Waals surface area contributed by atoms with Gasteiger partial charge in [-0.1, -0.05) is 0 Å². The molecule has 1 aromatic heterocycles. The van der Waals surface area contributed by atoms with Crippen LogP contribution in [0.5, 0.6) is 0 Å². The monoisotopic (exact) mass is 275 g/mol. The van der Waals surface area contributed by atoms with Crippen LogP contribution in [-0.2, 0) is 18.2 Å². The molecule has 86 valence electrons. The predicted molar refractivity (Wildman–Crippen MR) is 63.8 cm³/mol. The highest BCUT2D eigenvalue weighted by molar-refractivity contribution is 9.10. The number of halogens is 1. The molecule has 0 spiro atoms. The van der Waals surface area contributed by atoms with E-state index >= 15 is 0 Å². The smallest absolute Gasteiger partial charge is 0.0738 e. The lowest BCUT2D eigenvalue weighted by Crippen LogP contribution is -2.26. The van der Waals surface area contributed by atoms with Crippen LogP contribution >= 0.6 is 15.9 Å². The quantitative estimate of drug-likeness (QED) is 0.884. The maximum Gasteiger partial charge on any atom is 0.0738 e. The highest BCUT2D eigenvalue weighted by Gasteiger charge is 2.11. The first-order valence-corrected chi connectivity index (χ1v) is 5.78. The minimum atomic E-state index is 0.0945. The van der Waals surface area contributed by atoms with Crippen LogP contribution in [0, 0.1) is 6.92 Å². The molecule has 0 aliphatic carbocycles. The fourth-order valence-electron chi connectivity index (χ4n) is 1.57. The van der Waals surface area contributed by atoms with Crippen molar-refractivity contribution in [3.63, 3.8) is 0 Å². The number of nitrogens with zero attached hydrogens (tertiary/aromatic N) is 2. The largest absolute Gasteiger partial charge is 0.383 e. The summed E-state index contributed by atoms with van der Waals surface area (Å²) in [5, 5.41) is 4.33. The zero-order valence-electron chi connectivity index (χ0n) is 9.46. The Morgan fingerprint density at radius 1 is 1.60 bits per heavy atom. The van der Waals surface area contributed by atoms with Gasteiger partial charge in [-0.25, -0.2) is 0 Å². The van der Waals surface area contributed by atoms with Gasteiger partial charge in [0.2, 0.25) is 0 Å². The minimum Gasteiger partial charge on any atom is -0.383 e. The molecule has 0 amide bonds. The molecule has 1 heterocycles. The van der Waals surface area contributed by atoms with E-state index in [0.29, 0.717) is 6.61 Å². The standard InChI is InChI=1S/C10H18BrN3O/c1-7-10(11)9(14(2)13-7)5-4-8(12)6-15-3/h8H,4-6,12H2,1-3H3. The topological polar surface area (TPSA) is 53.1 Å². The molecular weight excluding hydrogens is 258 g/mol. The molecule has 0 radical (unpaired) electrons. The van der Waals surface area contributed by atoms with E-state index in [-0.39, 0.29) is 6.04 Å². The fourth-order valence-corrected chi connectivity index (χ4v) is 2.11. The van der Waals surface area contributed by atoms with Crippen molar-refractivity contribution in [2.45, 2.75) is 25.8 Å². The Kier molecular flexibility index (Phi) is 4.76. The van der Waals surface area contributed by atoms with E-state index < -0.39 is 0 Å². The van der Waals surface area contributed by atoms with E-state index in [4.69, 9.17) is 10.5 Å². The summed E-state index contributed by atoms with van der Waals surface area (Å²) in [6.45, 7) is 2.59. The summed E-state index contributed by atoms with van der Waals surface area (Å²) in [6, 6.07) is 0.0945. The van der Waals surface area contributed by atoms with Crippen molar-refractivity contribution < 1.29 is 4.74 Å². The lowest BCUT2D eigenvalue weighted by molar-refractivity contribution is 0.177. The minimum absolute atomic E-state index is 0.0945. The lowest BCUT2D eigenvalue weighted by atomic mass is 10.1. The maximum atomic E-state index is 5.87. The summed E-state index contributed by atoms with van der Waals surface area (Å²) in [6.07, 6.45) is 1.83. The summed E-state index contributed by atoms with van der Waals surface area (Å²) in [5.41, 5.74) is 8.08. The lowest BCUT2D eigenvalue weighted by Gasteiger charge is -2.10. The van der Waals surface area contributed by atoms with Gasteiger partial charge in [0.25, 0.3) is 0 Å². The maximum absolute atomic E-state index is 5.87. The van der Waals surface area contributed by atoms with Crippen LogP contribution in [0.4, 0.5) is 0 Å². The van der Waals surface area contributed by atoms with Crippen LogP contribution in [0.25, 0.3) is 0 Å². The molecule has 2 N–H and O–H groups in total. The molecule has 5 heteroatoms. The van der Waals surface area contributed by atoms with Crippen molar-refractivity contribution in [1.82, 2.24) is 9.78 Å². The Hall–Kier alpha value is -0.390. The molecule has 15 heavy (non-hydrogen) atoms. The molecule has 0 aliphatic rings. The normalized spacial score (nSPS) is 13.1. The Morgan fingerprint density at radius 2 is 2.27 bits per heavy atom. The van der Waals surface area contributed by atoms with Crippen molar-refractivity contribution >= 4 is 15.9 Å². The third-order valence-corrected chi connectivity index (χ3v) is 3.43. The highest BCUT2D eigenvalue weighted by atomic mass is 79.9. The van der Waals surface area contributed by atoms with Crippen LogP contribution in [-0.4, -0.2) is 29.5 Å². The van der Waals surface area contributed by atoms with Crippen molar-refractivity contribution in [3.05, 3.63) is 15.9 Å². The molecule has 0 aliphatic heterocycles. The second kappa shape index (κ2) is 5.63. The van der Waals surface area contributed by atoms with E-state index in [9.17, 15) is 0 Å². The number of rotatable bonds is 5. The summed E-state index contributed by atoms with van der Waals surface area (Å²) < 4.78 is 7.99. The molecule has 1 unspecified atom stereocenters. The highest BCUT2D eigenvalue weighted by Crippen LogP contribution is 2.21. The zero-order chi connectivity index (χ0) is 11.4. The number of aryl methyl sites for hydroxylation is 2. The van der Waals surface area contributed by atoms with Gasteiger partial charge >= 0.3 is 0 Å². The van der Waals surface area contributed by atoms with Gasteiger partial charge < -0.3 is 10.5 Å². The fraction of sp³-hybridized carbons (Fsp3) is 0.700. The van der Waals surface area contributed by atoms with Gasteiger partial charge in [-0.3, -0.25) is 4.68 Å². The molecule has 0 aromatic carbocycles. The number of nitrogens with two attached hydrogens (primary N) is 1. The first kappa shape index (κ1) is 12.7. The Bertz CT molecular complexity index is 325. The van der Waals surface area contributed by atoms with Crippen LogP contribution in [0.3, 0.4) is 0 Å². The van der Waals surface area contributed by atoms with Gasteiger partial charge in [-0.15, -0.1) is 0 Å². The number of aromatic nitrogens is 2. The molecule has 1 atom stereocenters. The zero-order valence-corrected chi connectivity index (χ0v) is 11.0.